The smallest absolute Gasteiger partial charge is 0.110 e. The van der Waals surface area contributed by atoms with Crippen LogP contribution < -0.4 is 0 Å². The van der Waals surface area contributed by atoms with Gasteiger partial charge in [0.25, 0.3) is 0 Å². The molecule has 0 radical (unpaired) electrons. The summed E-state index contributed by atoms with van der Waals surface area (Å²) >= 11 is 0. The summed E-state index contributed by atoms with van der Waals surface area (Å²) in [6.07, 6.45) is 12.0. The van der Waals surface area contributed by atoms with Crippen molar-refractivity contribution in [2.75, 3.05) is 0 Å². The molecule has 3 nitrogen and oxygen atoms in total. The number of allylic oxidation sites excluding steroid dienone is 3. The van der Waals surface area contributed by atoms with Crippen molar-refractivity contribution in [2.24, 2.45) is 29.1 Å². The van der Waals surface area contributed by atoms with Gasteiger partial charge in [-0.2, -0.15) is 0 Å². The lowest BCUT2D eigenvalue weighted by molar-refractivity contribution is -0.0530. The van der Waals surface area contributed by atoms with Crippen LogP contribution in [-0.2, 0) is 0 Å². The van der Waals surface area contributed by atoms with E-state index < -0.39 is 18.3 Å². The molecule has 0 aromatic carbocycles. The zero-order valence-corrected chi connectivity index (χ0v) is 19.6. The fourth-order valence-electron chi connectivity index (χ4n) is 6.73. The standard InChI is InChI=1S/C27H44O3/c1-17(2)8-6-9-18(3)22-13-14-23-20(10-7-15-27(22,23)5)11-12-21-16-24(28)26(30)25(29)19(21)4/h11-12,17-18,22-26,28-30H,4,6-10,13-16H2,1-3,5H3/b20-11+,21-12-/t18-,22-,23+,24-,25-,26+,27-/m1/s1. The molecule has 0 saturated heterocycles. The molecule has 30 heavy (non-hydrogen) atoms. The van der Waals surface area contributed by atoms with E-state index in [1.54, 1.807) is 0 Å². The molecule has 3 saturated carbocycles. The Morgan fingerprint density at radius 3 is 2.53 bits per heavy atom. The lowest BCUT2D eigenvalue weighted by Crippen LogP contribution is -2.43. The van der Waals surface area contributed by atoms with Crippen LogP contribution in [0.15, 0.2) is 35.5 Å². The molecule has 3 heteroatoms. The van der Waals surface area contributed by atoms with Crippen molar-refractivity contribution in [2.45, 2.75) is 104 Å². The van der Waals surface area contributed by atoms with Crippen LogP contribution in [0.1, 0.15) is 85.5 Å². The van der Waals surface area contributed by atoms with Crippen molar-refractivity contribution in [3.63, 3.8) is 0 Å². The third-order valence-electron chi connectivity index (χ3n) is 8.58. The highest BCUT2D eigenvalue weighted by Gasteiger charge is 2.50. The molecule has 170 valence electrons. The van der Waals surface area contributed by atoms with Gasteiger partial charge in [0.15, 0.2) is 0 Å². The van der Waals surface area contributed by atoms with Gasteiger partial charge in [-0.1, -0.05) is 71.3 Å². The van der Waals surface area contributed by atoms with Gasteiger partial charge in [-0.05, 0) is 72.3 Å². The summed E-state index contributed by atoms with van der Waals surface area (Å²) in [5, 5.41) is 30.1. The predicted molar refractivity (Wildman–Crippen MR) is 124 cm³/mol. The fraction of sp³-hybridized carbons (Fsp3) is 0.778. The third-order valence-corrected chi connectivity index (χ3v) is 8.58. The van der Waals surface area contributed by atoms with Crippen molar-refractivity contribution in [3.8, 4) is 0 Å². The Morgan fingerprint density at radius 1 is 1.10 bits per heavy atom. The molecule has 3 aliphatic carbocycles. The van der Waals surface area contributed by atoms with E-state index in [2.05, 4.69) is 46.4 Å². The summed E-state index contributed by atoms with van der Waals surface area (Å²) in [7, 11) is 0. The largest absolute Gasteiger partial charge is 0.390 e. The molecule has 7 atom stereocenters. The van der Waals surface area contributed by atoms with Crippen LogP contribution in [0.25, 0.3) is 0 Å². The lowest BCUT2D eigenvalue weighted by atomic mass is 9.60. The molecule has 0 bridgehead atoms. The van der Waals surface area contributed by atoms with Gasteiger partial charge in [0.05, 0.1) is 6.10 Å². The minimum absolute atomic E-state index is 0.359. The van der Waals surface area contributed by atoms with Gasteiger partial charge < -0.3 is 15.3 Å². The first kappa shape index (κ1) is 23.8. The van der Waals surface area contributed by atoms with Gasteiger partial charge in [-0.3, -0.25) is 0 Å². The average molecular weight is 417 g/mol. The molecule has 3 N–H and O–H groups in total. The summed E-state index contributed by atoms with van der Waals surface area (Å²) in [6, 6.07) is 0. The Bertz CT molecular complexity index is 676. The average Bonchev–Trinajstić information content (AvgIpc) is 3.05. The van der Waals surface area contributed by atoms with Crippen molar-refractivity contribution < 1.29 is 15.3 Å². The van der Waals surface area contributed by atoms with Crippen LogP contribution in [0.5, 0.6) is 0 Å². The highest BCUT2D eigenvalue weighted by Crippen LogP contribution is 2.59. The molecule has 0 unspecified atom stereocenters. The quantitative estimate of drug-likeness (QED) is 0.531. The molecular formula is C27H44O3. The molecule has 0 aromatic heterocycles. The van der Waals surface area contributed by atoms with E-state index in [1.807, 2.05) is 0 Å². The Labute approximate surface area is 184 Å². The fourth-order valence-corrected chi connectivity index (χ4v) is 6.73. The normalized spacial score (nSPS) is 40.9. The first-order valence-corrected chi connectivity index (χ1v) is 12.3. The van der Waals surface area contributed by atoms with Crippen molar-refractivity contribution >= 4 is 0 Å². The second kappa shape index (κ2) is 9.71. The number of hydrogen-bond donors (Lipinski definition) is 3. The van der Waals surface area contributed by atoms with Gasteiger partial charge in [-0.25, -0.2) is 0 Å². The van der Waals surface area contributed by atoms with Gasteiger partial charge in [0.1, 0.15) is 12.2 Å². The van der Waals surface area contributed by atoms with E-state index in [0.29, 0.717) is 23.3 Å². The topological polar surface area (TPSA) is 60.7 Å². The number of aliphatic hydroxyl groups excluding tert-OH is 3. The number of fused-ring (bicyclic) bond motifs is 1. The Balaban J connectivity index is 1.72. The monoisotopic (exact) mass is 416 g/mol. The Hall–Kier alpha value is -0.900. The highest BCUT2D eigenvalue weighted by molar-refractivity contribution is 5.40. The third kappa shape index (κ3) is 4.79. The van der Waals surface area contributed by atoms with Crippen molar-refractivity contribution in [3.05, 3.63) is 35.5 Å². The maximum atomic E-state index is 10.1. The second-order valence-corrected chi connectivity index (χ2v) is 11.1. The minimum Gasteiger partial charge on any atom is -0.390 e. The summed E-state index contributed by atoms with van der Waals surface area (Å²) in [5.74, 6) is 3.06. The molecular weight excluding hydrogens is 372 g/mol. The Kier molecular flexibility index (Phi) is 7.69. The van der Waals surface area contributed by atoms with Crippen molar-refractivity contribution in [1.82, 2.24) is 0 Å². The lowest BCUT2D eigenvalue weighted by Gasteiger charge is -2.44. The van der Waals surface area contributed by atoms with Crippen LogP contribution in [0, 0.1) is 29.1 Å². The molecule has 3 rings (SSSR count). The van der Waals surface area contributed by atoms with Crippen LogP contribution in [0.2, 0.25) is 0 Å². The minimum atomic E-state index is -1.13. The first-order chi connectivity index (χ1) is 14.1. The van der Waals surface area contributed by atoms with E-state index in [-0.39, 0.29) is 0 Å². The number of aliphatic hydroxyl groups is 3. The zero-order valence-electron chi connectivity index (χ0n) is 19.6. The summed E-state index contributed by atoms with van der Waals surface area (Å²) < 4.78 is 0. The van der Waals surface area contributed by atoms with E-state index in [0.717, 1.165) is 29.7 Å². The second-order valence-electron chi connectivity index (χ2n) is 11.1. The summed E-state index contributed by atoms with van der Waals surface area (Å²) in [4.78, 5) is 0. The number of hydrogen-bond acceptors (Lipinski definition) is 3. The van der Waals surface area contributed by atoms with Gasteiger partial charge in [0.2, 0.25) is 0 Å². The maximum absolute atomic E-state index is 10.1. The zero-order chi connectivity index (χ0) is 22.1. The molecule has 0 amide bonds. The van der Waals surface area contributed by atoms with Crippen LogP contribution in [0.4, 0.5) is 0 Å². The maximum Gasteiger partial charge on any atom is 0.110 e. The van der Waals surface area contributed by atoms with Crippen LogP contribution in [0.3, 0.4) is 0 Å². The van der Waals surface area contributed by atoms with E-state index in [9.17, 15) is 15.3 Å². The van der Waals surface area contributed by atoms with E-state index >= 15 is 0 Å². The molecule has 3 fully saturated rings. The number of rotatable bonds is 6. The summed E-state index contributed by atoms with van der Waals surface area (Å²) in [6.45, 7) is 13.6. The van der Waals surface area contributed by atoms with Gasteiger partial charge in [-0.15, -0.1) is 0 Å². The highest BCUT2D eigenvalue weighted by atomic mass is 16.4. The summed E-state index contributed by atoms with van der Waals surface area (Å²) in [5.41, 5.74) is 3.36. The van der Waals surface area contributed by atoms with Crippen LogP contribution in [-0.4, -0.2) is 33.6 Å². The van der Waals surface area contributed by atoms with E-state index in [4.69, 9.17) is 0 Å². The Morgan fingerprint density at radius 2 is 1.83 bits per heavy atom. The van der Waals surface area contributed by atoms with E-state index in [1.165, 1.54) is 50.5 Å². The van der Waals surface area contributed by atoms with Gasteiger partial charge >= 0.3 is 0 Å². The molecule has 0 heterocycles. The SMILES string of the molecule is C=C1/C(=C\C=C2/CCC[C@]3(C)[C@@H]([C@H](C)CCCC(C)C)CC[C@@H]23)C[C@@H](O)[C@H](O)[C@@H]1O. The van der Waals surface area contributed by atoms with Crippen LogP contribution >= 0.6 is 0 Å². The molecule has 0 aromatic rings. The molecule has 3 aliphatic rings. The van der Waals surface area contributed by atoms with Gasteiger partial charge in [0, 0.05) is 6.42 Å². The molecule has 0 spiro atoms. The predicted octanol–water partition coefficient (Wildman–Crippen LogP) is 5.56. The first-order valence-electron chi connectivity index (χ1n) is 12.3. The molecule has 0 aliphatic heterocycles. The van der Waals surface area contributed by atoms with Crippen molar-refractivity contribution in [1.29, 1.82) is 0 Å².